The fraction of sp³-hybridized carbons (Fsp3) is 0.579. The van der Waals surface area contributed by atoms with Crippen LogP contribution >= 0.6 is 0 Å². The van der Waals surface area contributed by atoms with Crippen molar-refractivity contribution in [3.05, 3.63) is 29.3 Å². The van der Waals surface area contributed by atoms with Crippen LogP contribution in [0.1, 0.15) is 49.5 Å². The molecule has 2 rings (SSSR count). The van der Waals surface area contributed by atoms with Gasteiger partial charge in [-0.3, -0.25) is 4.79 Å². The van der Waals surface area contributed by atoms with E-state index in [0.717, 1.165) is 0 Å². The summed E-state index contributed by atoms with van der Waals surface area (Å²) in [5.74, 6) is -3.37. The van der Waals surface area contributed by atoms with Crippen LogP contribution in [0, 0.1) is 0 Å². The molecule has 0 atom stereocenters. The molecule has 0 radical (unpaired) electrons. The van der Waals surface area contributed by atoms with Crippen molar-refractivity contribution in [2.45, 2.75) is 51.2 Å². The Hall–Kier alpha value is -2.09. The number of halogens is 3. The number of carbonyl (C=O) groups excluding carboxylic acids is 1. The number of carbonyl (C=O) groups is 2. The monoisotopic (exact) mass is 386 g/mol. The van der Waals surface area contributed by atoms with Crippen molar-refractivity contribution in [3.8, 4) is 0 Å². The maximum absolute atomic E-state index is 13.4. The lowest BCUT2D eigenvalue weighted by Gasteiger charge is -2.40. The van der Waals surface area contributed by atoms with E-state index in [0.29, 0.717) is 36.4 Å². The molecule has 1 N–H and O–H groups in total. The summed E-state index contributed by atoms with van der Waals surface area (Å²) < 4.78 is 40.3. The van der Waals surface area contributed by atoms with Gasteiger partial charge in [-0.1, -0.05) is 32.9 Å². The van der Waals surface area contributed by atoms with Crippen LogP contribution in [0.2, 0.25) is 0 Å². The zero-order chi connectivity index (χ0) is 20.6. The Balaban J connectivity index is 2.71. The summed E-state index contributed by atoms with van der Waals surface area (Å²) in [7, 11) is 1.86. The third-order valence-corrected chi connectivity index (χ3v) is 4.83. The Morgan fingerprint density at radius 2 is 1.70 bits per heavy atom. The van der Waals surface area contributed by atoms with Gasteiger partial charge < -0.3 is 14.9 Å². The van der Waals surface area contributed by atoms with Crippen LogP contribution < -0.4 is 4.90 Å². The molecule has 0 spiro atoms. The summed E-state index contributed by atoms with van der Waals surface area (Å²) in [4.78, 5) is 26.8. The zero-order valence-electron chi connectivity index (χ0n) is 15.9. The van der Waals surface area contributed by atoms with Crippen molar-refractivity contribution in [2.24, 2.45) is 0 Å². The molecule has 0 bridgehead atoms. The Kier molecular flexibility index (Phi) is 5.89. The highest BCUT2D eigenvalue weighted by atomic mass is 19.4. The number of hydrogen-bond donors (Lipinski definition) is 1. The van der Waals surface area contributed by atoms with Gasteiger partial charge in [0, 0.05) is 6.04 Å². The summed E-state index contributed by atoms with van der Waals surface area (Å²) in [6.45, 7) is 6.41. The third kappa shape index (κ3) is 4.61. The van der Waals surface area contributed by atoms with E-state index in [1.807, 2.05) is 11.9 Å². The maximum Gasteiger partial charge on any atom is 0.471 e. The average molecular weight is 386 g/mol. The number of piperidine rings is 1. The van der Waals surface area contributed by atoms with E-state index in [1.165, 1.54) is 12.1 Å². The normalized spacial score (nSPS) is 17.0. The van der Waals surface area contributed by atoms with E-state index < -0.39 is 29.5 Å². The number of para-hydroxylation sites is 1. The van der Waals surface area contributed by atoms with Gasteiger partial charge in [0.1, 0.15) is 0 Å². The molecular weight excluding hydrogens is 361 g/mol. The molecule has 1 aliphatic heterocycles. The van der Waals surface area contributed by atoms with Gasteiger partial charge in [-0.25, -0.2) is 4.79 Å². The van der Waals surface area contributed by atoms with Gasteiger partial charge in [0.25, 0.3) is 0 Å². The molecule has 0 aliphatic carbocycles. The Bertz CT molecular complexity index is 718. The van der Waals surface area contributed by atoms with Gasteiger partial charge >= 0.3 is 18.1 Å². The van der Waals surface area contributed by atoms with Crippen LogP contribution in [0.25, 0.3) is 0 Å². The molecule has 0 aromatic heterocycles. The highest BCUT2D eigenvalue weighted by molar-refractivity contribution is 6.05. The van der Waals surface area contributed by atoms with Crippen LogP contribution in [-0.2, 0) is 10.2 Å². The van der Waals surface area contributed by atoms with E-state index in [-0.39, 0.29) is 11.3 Å². The second kappa shape index (κ2) is 7.50. The first-order valence-electron chi connectivity index (χ1n) is 8.79. The van der Waals surface area contributed by atoms with Crippen molar-refractivity contribution >= 4 is 17.6 Å². The summed E-state index contributed by atoms with van der Waals surface area (Å²) >= 11 is 0. The smallest absolute Gasteiger partial charge is 0.471 e. The molecule has 1 heterocycles. The molecular formula is C19H25F3N2O3. The van der Waals surface area contributed by atoms with E-state index in [1.54, 1.807) is 26.8 Å². The molecule has 0 saturated carbocycles. The molecule has 5 nitrogen and oxygen atoms in total. The van der Waals surface area contributed by atoms with E-state index >= 15 is 0 Å². The number of aromatic carboxylic acids is 1. The first-order valence-corrected chi connectivity index (χ1v) is 8.79. The Labute approximate surface area is 156 Å². The Morgan fingerprint density at radius 3 is 2.15 bits per heavy atom. The quantitative estimate of drug-likeness (QED) is 0.861. The van der Waals surface area contributed by atoms with Gasteiger partial charge in [0.15, 0.2) is 0 Å². The number of benzene rings is 1. The summed E-state index contributed by atoms with van der Waals surface area (Å²) in [5.41, 5.74) is -0.677. The molecule has 1 aromatic carbocycles. The second-order valence-corrected chi connectivity index (χ2v) is 7.96. The predicted molar refractivity (Wildman–Crippen MR) is 96.2 cm³/mol. The number of alkyl halides is 3. The number of rotatable bonds is 3. The standard InChI is InChI=1S/C19H25F3N2O3/c1-18(2,3)14-7-5-6-13(16(25)26)15(14)24(17(27)19(20,21)22)12-8-10-23(4)11-9-12/h5-7,12H,8-11H2,1-4H3,(H,25,26). The average Bonchev–Trinajstić information content (AvgIpc) is 2.54. The number of nitrogens with zero attached hydrogens (tertiary/aromatic N) is 2. The number of hydrogen-bond acceptors (Lipinski definition) is 3. The fourth-order valence-electron chi connectivity index (χ4n) is 3.42. The molecule has 27 heavy (non-hydrogen) atoms. The lowest BCUT2D eigenvalue weighted by molar-refractivity contribution is -0.171. The van der Waals surface area contributed by atoms with Crippen LogP contribution in [0.3, 0.4) is 0 Å². The molecule has 1 amide bonds. The fourth-order valence-corrected chi connectivity index (χ4v) is 3.42. The van der Waals surface area contributed by atoms with Crippen LogP contribution in [0.4, 0.5) is 18.9 Å². The minimum absolute atomic E-state index is 0.144. The first-order chi connectivity index (χ1) is 12.3. The first kappa shape index (κ1) is 21.2. The van der Waals surface area contributed by atoms with E-state index in [2.05, 4.69) is 0 Å². The van der Waals surface area contributed by atoms with Crippen LogP contribution in [0.15, 0.2) is 18.2 Å². The van der Waals surface area contributed by atoms with Gasteiger partial charge in [-0.15, -0.1) is 0 Å². The highest BCUT2D eigenvalue weighted by Gasteiger charge is 2.47. The molecule has 1 fully saturated rings. The highest BCUT2D eigenvalue weighted by Crippen LogP contribution is 2.39. The van der Waals surface area contributed by atoms with Gasteiger partial charge in [0.2, 0.25) is 0 Å². The van der Waals surface area contributed by atoms with E-state index in [9.17, 15) is 27.9 Å². The molecule has 1 aliphatic rings. The van der Waals surface area contributed by atoms with Gasteiger partial charge in [-0.2, -0.15) is 13.2 Å². The summed E-state index contributed by atoms with van der Waals surface area (Å²) in [6.07, 6.45) is -4.41. The molecule has 1 saturated heterocycles. The SMILES string of the molecule is CN1CCC(N(C(=O)C(F)(F)F)c2c(C(=O)O)cccc2C(C)(C)C)CC1. The predicted octanol–water partition coefficient (Wildman–Crippen LogP) is 3.67. The Morgan fingerprint density at radius 1 is 1.15 bits per heavy atom. The number of anilines is 1. The molecule has 1 aromatic rings. The van der Waals surface area contributed by atoms with Gasteiger partial charge in [-0.05, 0) is 50.0 Å². The largest absolute Gasteiger partial charge is 0.478 e. The van der Waals surface area contributed by atoms with Crippen molar-refractivity contribution in [3.63, 3.8) is 0 Å². The number of carboxylic acids is 1. The second-order valence-electron chi connectivity index (χ2n) is 7.96. The zero-order valence-corrected chi connectivity index (χ0v) is 15.9. The molecule has 150 valence electrons. The molecule has 8 heteroatoms. The van der Waals surface area contributed by atoms with E-state index in [4.69, 9.17) is 0 Å². The summed E-state index contributed by atoms with van der Waals surface area (Å²) in [6, 6.07) is 3.63. The van der Waals surface area contributed by atoms with Gasteiger partial charge in [0.05, 0.1) is 11.3 Å². The van der Waals surface area contributed by atoms with Crippen molar-refractivity contribution in [2.75, 3.05) is 25.0 Å². The van der Waals surface area contributed by atoms with Crippen molar-refractivity contribution < 1.29 is 27.9 Å². The molecule has 0 unspecified atom stereocenters. The lowest BCUT2D eigenvalue weighted by Crippen LogP contribution is -2.52. The van der Waals surface area contributed by atoms with Crippen molar-refractivity contribution in [1.29, 1.82) is 0 Å². The maximum atomic E-state index is 13.4. The number of likely N-dealkylation sites (tertiary alicyclic amines) is 1. The minimum atomic E-state index is -5.09. The van der Waals surface area contributed by atoms with Crippen LogP contribution in [0.5, 0.6) is 0 Å². The van der Waals surface area contributed by atoms with Crippen LogP contribution in [-0.4, -0.2) is 54.2 Å². The lowest BCUT2D eigenvalue weighted by atomic mass is 9.83. The summed E-state index contributed by atoms with van der Waals surface area (Å²) in [5, 5.41) is 9.60. The van der Waals surface area contributed by atoms with Crippen molar-refractivity contribution in [1.82, 2.24) is 4.90 Å². The number of carboxylic acid groups (broad SMARTS) is 1. The minimum Gasteiger partial charge on any atom is -0.478 e. The third-order valence-electron chi connectivity index (χ3n) is 4.83. The topological polar surface area (TPSA) is 60.9 Å². The number of amides is 1.